The van der Waals surface area contributed by atoms with Crippen LogP contribution in [0, 0.1) is 11.8 Å². The van der Waals surface area contributed by atoms with Crippen LogP contribution in [-0.4, -0.2) is 45.9 Å². The molecular formula is C26H50O8Zr. The van der Waals surface area contributed by atoms with E-state index in [0.29, 0.717) is 12.8 Å². The average Bonchev–Trinajstić information content (AvgIpc) is 2.66. The number of ketones is 2. The molecule has 0 rings (SSSR count). The summed E-state index contributed by atoms with van der Waals surface area (Å²) in [6, 6.07) is 0. The maximum absolute atomic E-state index is 10.8. The number of hydrogen-bond donors (Lipinski definition) is 2. The molecule has 0 bridgehead atoms. The van der Waals surface area contributed by atoms with Gasteiger partial charge >= 0.3 is 26.2 Å². The topological polar surface area (TPSA) is 155 Å². The molecule has 0 aliphatic heterocycles. The molecule has 0 saturated heterocycles. The predicted molar refractivity (Wildman–Crippen MR) is 131 cm³/mol. The number of aliphatic hydroxyl groups is 2. The maximum Gasteiger partial charge on any atom is 2.00 e. The summed E-state index contributed by atoms with van der Waals surface area (Å²) in [6.07, 6.45) is 8.51. The summed E-state index contributed by atoms with van der Waals surface area (Å²) in [4.78, 5) is 42.6. The third-order valence-corrected chi connectivity index (χ3v) is 4.24. The first-order valence-electron chi connectivity index (χ1n) is 12.4. The van der Waals surface area contributed by atoms with Gasteiger partial charge in [-0.15, -0.1) is 0 Å². The molecule has 0 aliphatic rings. The Balaban J connectivity index is -0.000000128. The van der Waals surface area contributed by atoms with E-state index in [0.717, 1.165) is 51.4 Å². The third-order valence-electron chi connectivity index (χ3n) is 4.24. The number of hydrogen-bond acceptors (Lipinski definition) is 8. The molecule has 2 unspecified atom stereocenters. The van der Waals surface area contributed by atoms with E-state index in [-0.39, 0.29) is 50.0 Å². The van der Waals surface area contributed by atoms with Crippen molar-refractivity contribution in [2.24, 2.45) is 11.8 Å². The van der Waals surface area contributed by atoms with Crippen molar-refractivity contribution in [1.29, 1.82) is 0 Å². The molecule has 0 spiro atoms. The minimum absolute atomic E-state index is 0. The van der Waals surface area contributed by atoms with Crippen LogP contribution in [-0.2, 0) is 45.4 Å². The van der Waals surface area contributed by atoms with Gasteiger partial charge in [0.1, 0.15) is 11.6 Å². The molecule has 206 valence electrons. The fourth-order valence-electron chi connectivity index (χ4n) is 2.52. The summed E-state index contributed by atoms with van der Waals surface area (Å²) in [5.74, 6) is -4.84. The Morgan fingerprint density at radius 3 is 0.971 bits per heavy atom. The SMILES string of the molecule is CC(C)O.CC(C)O.CCCCCCC(C(C)=O)C(=O)[O-].CCCCCCC(C(C)=O)C(=O)[O-].[Zr+2]. The number of carbonyl (C=O) groups is 4. The summed E-state index contributed by atoms with van der Waals surface area (Å²) in [5.41, 5.74) is 0. The van der Waals surface area contributed by atoms with Gasteiger partial charge in [-0.25, -0.2) is 0 Å². The van der Waals surface area contributed by atoms with Gasteiger partial charge in [0.2, 0.25) is 0 Å². The second-order valence-electron chi connectivity index (χ2n) is 8.85. The summed E-state index contributed by atoms with van der Waals surface area (Å²) < 4.78 is 0. The van der Waals surface area contributed by atoms with Gasteiger partial charge in [0, 0.05) is 12.2 Å². The Morgan fingerprint density at radius 1 is 0.600 bits per heavy atom. The van der Waals surface area contributed by atoms with E-state index in [2.05, 4.69) is 13.8 Å². The molecule has 8 nitrogen and oxygen atoms in total. The molecule has 9 heteroatoms. The first-order valence-corrected chi connectivity index (χ1v) is 12.4. The zero-order valence-corrected chi connectivity index (χ0v) is 25.7. The Bertz CT molecular complexity index is 442. The number of Topliss-reactive ketones (excluding diaryl/α,β-unsaturated/α-hetero) is 2. The molecule has 35 heavy (non-hydrogen) atoms. The number of carboxylic acid groups (broad SMARTS) is 2. The van der Waals surface area contributed by atoms with E-state index in [1.54, 1.807) is 27.7 Å². The number of unbranched alkanes of at least 4 members (excludes halogenated alkanes) is 6. The normalized spacial score (nSPS) is 11.3. The monoisotopic (exact) mass is 580 g/mol. The van der Waals surface area contributed by atoms with Gasteiger partial charge in [0.15, 0.2) is 0 Å². The molecule has 0 heterocycles. The van der Waals surface area contributed by atoms with Crippen molar-refractivity contribution >= 4 is 23.5 Å². The number of aliphatic hydroxyl groups excluding tert-OH is 2. The smallest absolute Gasteiger partial charge is 0.549 e. The molecule has 0 aromatic carbocycles. The maximum atomic E-state index is 10.8. The van der Waals surface area contributed by atoms with E-state index in [1.165, 1.54) is 13.8 Å². The largest absolute Gasteiger partial charge is 2.00 e. The van der Waals surface area contributed by atoms with Crippen molar-refractivity contribution < 1.29 is 65.8 Å². The van der Waals surface area contributed by atoms with Crippen molar-refractivity contribution in [3.8, 4) is 0 Å². The van der Waals surface area contributed by atoms with Gasteiger partial charge in [-0.2, -0.15) is 0 Å². The molecule has 2 N–H and O–H groups in total. The molecule has 0 aromatic heterocycles. The zero-order chi connectivity index (χ0) is 27.7. The van der Waals surface area contributed by atoms with E-state index in [4.69, 9.17) is 10.2 Å². The summed E-state index contributed by atoms with van der Waals surface area (Å²) in [7, 11) is 0. The van der Waals surface area contributed by atoms with Crippen LogP contribution in [0.3, 0.4) is 0 Å². The van der Waals surface area contributed by atoms with Crippen LogP contribution in [0.4, 0.5) is 0 Å². The number of carbonyl (C=O) groups excluding carboxylic acids is 4. The molecular weight excluding hydrogens is 532 g/mol. The van der Waals surface area contributed by atoms with Crippen molar-refractivity contribution in [3.05, 3.63) is 0 Å². The van der Waals surface area contributed by atoms with Crippen LogP contribution < -0.4 is 10.2 Å². The van der Waals surface area contributed by atoms with Gasteiger partial charge in [0.25, 0.3) is 0 Å². The predicted octanol–water partition coefficient (Wildman–Crippen LogP) is 2.60. The van der Waals surface area contributed by atoms with Crippen LogP contribution in [0.2, 0.25) is 0 Å². The Labute approximate surface area is 232 Å². The Morgan fingerprint density at radius 2 is 0.829 bits per heavy atom. The Hall–Kier alpha value is -0.917. The number of rotatable bonds is 14. The van der Waals surface area contributed by atoms with E-state index >= 15 is 0 Å². The third kappa shape index (κ3) is 43.6. The van der Waals surface area contributed by atoms with Crippen molar-refractivity contribution in [1.82, 2.24) is 0 Å². The quantitative estimate of drug-likeness (QED) is 0.234. The molecule has 0 aliphatic carbocycles. The fourth-order valence-corrected chi connectivity index (χ4v) is 2.52. The van der Waals surface area contributed by atoms with E-state index < -0.39 is 23.8 Å². The minimum atomic E-state index is -1.23. The van der Waals surface area contributed by atoms with E-state index in [9.17, 15) is 29.4 Å². The van der Waals surface area contributed by atoms with Crippen molar-refractivity contribution in [2.75, 3.05) is 0 Å². The molecule has 0 radical (unpaired) electrons. The summed E-state index contributed by atoms with van der Waals surface area (Å²) in [6.45, 7) is 13.7. The van der Waals surface area contributed by atoms with Crippen molar-refractivity contribution in [3.63, 3.8) is 0 Å². The molecule has 0 fully saturated rings. The van der Waals surface area contributed by atoms with Gasteiger partial charge in [-0.05, 0) is 54.4 Å². The molecule has 0 saturated carbocycles. The summed E-state index contributed by atoms with van der Waals surface area (Å²) >= 11 is 0. The first kappa shape index (κ1) is 44.1. The van der Waals surface area contributed by atoms with Crippen LogP contribution in [0.5, 0.6) is 0 Å². The standard InChI is InChI=1S/2C10H18O3.2C3H8O.Zr/c2*1-3-4-5-6-7-9(8(2)11)10(12)13;2*1-3(2)4;/h2*9H,3-7H2,1-2H3,(H,12,13);2*3-4H,1-2H3;/q;;;;+2/p-2. The summed E-state index contributed by atoms with van der Waals surface area (Å²) in [5, 5.41) is 37.1. The first-order chi connectivity index (χ1) is 15.6. The van der Waals surface area contributed by atoms with Gasteiger partial charge in [-0.1, -0.05) is 65.2 Å². The van der Waals surface area contributed by atoms with Crippen LogP contribution in [0.25, 0.3) is 0 Å². The Kier molecular flexibility index (Phi) is 39.2. The van der Waals surface area contributed by atoms with Crippen molar-refractivity contribution in [2.45, 2.75) is 132 Å². The zero-order valence-electron chi connectivity index (χ0n) is 23.2. The second-order valence-corrected chi connectivity index (χ2v) is 8.85. The molecule has 0 amide bonds. The van der Waals surface area contributed by atoms with Gasteiger partial charge in [-0.3, -0.25) is 9.59 Å². The molecule has 2 atom stereocenters. The average molecular weight is 582 g/mol. The van der Waals surface area contributed by atoms with E-state index in [1.807, 2.05) is 0 Å². The van der Waals surface area contributed by atoms with Crippen LogP contribution >= 0.6 is 0 Å². The van der Waals surface area contributed by atoms with Gasteiger partial charge in [0.05, 0.1) is 23.8 Å². The minimum Gasteiger partial charge on any atom is -0.549 e. The molecule has 0 aromatic rings. The number of carboxylic acids is 2. The number of aliphatic carboxylic acids is 2. The fraction of sp³-hybridized carbons (Fsp3) is 0.846. The second kappa shape index (κ2) is 31.1. The van der Waals surface area contributed by atoms with Gasteiger partial charge < -0.3 is 30.0 Å². The van der Waals surface area contributed by atoms with Crippen LogP contribution in [0.1, 0.15) is 120 Å². The van der Waals surface area contributed by atoms with Crippen LogP contribution in [0.15, 0.2) is 0 Å².